The Labute approximate surface area is 140 Å². The molecule has 1 saturated heterocycles. The number of amides is 1. The lowest BCUT2D eigenvalue weighted by molar-refractivity contribution is -0.114. The fraction of sp³-hybridized carbons (Fsp3) is 0.462. The van der Waals surface area contributed by atoms with E-state index in [1.54, 1.807) is 0 Å². The lowest BCUT2D eigenvalue weighted by Crippen LogP contribution is -2.46. The molecule has 1 N–H and O–H groups in total. The Balaban J connectivity index is 2.10. The van der Waals surface area contributed by atoms with Crippen LogP contribution in [0.4, 0.5) is 5.69 Å². The zero-order valence-electron chi connectivity index (χ0n) is 12.0. The number of hydrogen-bond acceptors (Lipinski definition) is 4. The summed E-state index contributed by atoms with van der Waals surface area (Å²) in [5.41, 5.74) is 0.439. The van der Waals surface area contributed by atoms with Crippen LogP contribution < -0.4 is 5.32 Å². The van der Waals surface area contributed by atoms with Crippen LogP contribution >= 0.6 is 23.2 Å². The molecule has 0 atom stereocenters. The number of halogens is 2. The van der Waals surface area contributed by atoms with E-state index in [4.69, 9.17) is 23.2 Å². The van der Waals surface area contributed by atoms with Crippen LogP contribution in [-0.2, 0) is 14.8 Å². The van der Waals surface area contributed by atoms with Crippen molar-refractivity contribution in [2.75, 3.05) is 38.5 Å². The van der Waals surface area contributed by atoms with E-state index in [2.05, 4.69) is 10.2 Å². The number of alkyl halides is 2. The van der Waals surface area contributed by atoms with Crippen LogP contribution in [0.5, 0.6) is 0 Å². The molecule has 122 valence electrons. The predicted molar refractivity (Wildman–Crippen MR) is 86.8 cm³/mol. The fourth-order valence-corrected chi connectivity index (χ4v) is 3.62. The van der Waals surface area contributed by atoms with E-state index in [0.717, 1.165) is 0 Å². The van der Waals surface area contributed by atoms with Gasteiger partial charge in [-0.2, -0.15) is 4.31 Å². The third-order valence-electron chi connectivity index (χ3n) is 3.42. The Bertz CT molecular complexity index is 626. The molecular formula is C13H17Cl2N3O3S. The Hall–Kier alpha value is -0.860. The number of anilines is 1. The SMILES string of the molecule is CN1CCN(S(=O)(=O)c2ccc(NC(=O)C(Cl)Cl)cc2)CC1. The highest BCUT2D eigenvalue weighted by Crippen LogP contribution is 2.20. The first-order valence-corrected chi connectivity index (χ1v) is 9.00. The van der Waals surface area contributed by atoms with Crippen molar-refractivity contribution in [1.82, 2.24) is 9.21 Å². The molecule has 1 heterocycles. The topological polar surface area (TPSA) is 69.7 Å². The highest BCUT2D eigenvalue weighted by molar-refractivity contribution is 7.89. The maximum Gasteiger partial charge on any atom is 0.257 e. The molecule has 1 amide bonds. The molecule has 1 aromatic carbocycles. The number of likely N-dealkylation sites (N-methyl/N-ethyl adjacent to an activating group) is 1. The molecule has 0 unspecified atom stereocenters. The Morgan fingerprint density at radius 3 is 2.18 bits per heavy atom. The van der Waals surface area contributed by atoms with Gasteiger partial charge in [0.1, 0.15) is 0 Å². The molecule has 1 aromatic rings. The molecular weight excluding hydrogens is 349 g/mol. The van der Waals surface area contributed by atoms with Gasteiger partial charge >= 0.3 is 0 Å². The number of nitrogens with zero attached hydrogens (tertiary/aromatic N) is 2. The molecule has 1 fully saturated rings. The number of rotatable bonds is 4. The van der Waals surface area contributed by atoms with Crippen LogP contribution in [0, 0.1) is 0 Å². The standard InChI is InChI=1S/C13H17Cl2N3O3S/c1-17-6-8-18(9-7-17)22(20,21)11-4-2-10(3-5-11)16-13(19)12(14)15/h2-5,12H,6-9H2,1H3,(H,16,19). The van der Waals surface area contributed by atoms with Gasteiger partial charge in [0.2, 0.25) is 10.0 Å². The lowest BCUT2D eigenvalue weighted by Gasteiger charge is -2.31. The highest BCUT2D eigenvalue weighted by atomic mass is 35.5. The van der Waals surface area contributed by atoms with Gasteiger partial charge in [-0.15, -0.1) is 0 Å². The van der Waals surface area contributed by atoms with Crippen molar-refractivity contribution in [3.05, 3.63) is 24.3 Å². The van der Waals surface area contributed by atoms with E-state index in [-0.39, 0.29) is 4.90 Å². The van der Waals surface area contributed by atoms with Crippen LogP contribution in [0.2, 0.25) is 0 Å². The Morgan fingerprint density at radius 1 is 1.14 bits per heavy atom. The zero-order valence-corrected chi connectivity index (χ0v) is 14.3. The molecule has 0 aliphatic carbocycles. The summed E-state index contributed by atoms with van der Waals surface area (Å²) in [6.07, 6.45) is 0. The number of sulfonamides is 1. The molecule has 22 heavy (non-hydrogen) atoms. The number of piperazine rings is 1. The monoisotopic (exact) mass is 365 g/mol. The molecule has 1 aliphatic rings. The van der Waals surface area contributed by atoms with E-state index in [1.807, 2.05) is 7.05 Å². The highest BCUT2D eigenvalue weighted by Gasteiger charge is 2.27. The summed E-state index contributed by atoms with van der Waals surface area (Å²) in [6, 6.07) is 5.94. The summed E-state index contributed by atoms with van der Waals surface area (Å²) >= 11 is 10.9. The van der Waals surface area contributed by atoms with Gasteiger partial charge in [0.15, 0.2) is 4.84 Å². The van der Waals surface area contributed by atoms with Gasteiger partial charge in [-0.25, -0.2) is 8.42 Å². The van der Waals surface area contributed by atoms with E-state index in [0.29, 0.717) is 31.9 Å². The zero-order chi connectivity index (χ0) is 16.3. The van der Waals surface area contributed by atoms with Gasteiger partial charge in [-0.1, -0.05) is 23.2 Å². The van der Waals surface area contributed by atoms with Gasteiger partial charge < -0.3 is 10.2 Å². The molecule has 0 radical (unpaired) electrons. The van der Waals surface area contributed by atoms with Gasteiger partial charge in [0.05, 0.1) is 4.90 Å². The average Bonchev–Trinajstić information content (AvgIpc) is 2.48. The second-order valence-electron chi connectivity index (χ2n) is 5.02. The van der Waals surface area contributed by atoms with Crippen LogP contribution in [0.1, 0.15) is 0 Å². The first-order valence-electron chi connectivity index (χ1n) is 6.68. The molecule has 1 aliphatic heterocycles. The quantitative estimate of drug-likeness (QED) is 0.818. The predicted octanol–water partition coefficient (Wildman–Crippen LogP) is 1.36. The van der Waals surface area contributed by atoms with E-state index in [9.17, 15) is 13.2 Å². The second kappa shape index (κ2) is 7.14. The third kappa shape index (κ3) is 4.11. The van der Waals surface area contributed by atoms with Crippen molar-refractivity contribution in [2.45, 2.75) is 9.73 Å². The minimum Gasteiger partial charge on any atom is -0.324 e. The number of carbonyl (C=O) groups excluding carboxylic acids is 1. The average molecular weight is 366 g/mol. The van der Waals surface area contributed by atoms with Crippen molar-refractivity contribution in [3.8, 4) is 0 Å². The van der Waals surface area contributed by atoms with Crippen LogP contribution in [0.3, 0.4) is 0 Å². The smallest absolute Gasteiger partial charge is 0.257 e. The number of benzene rings is 1. The molecule has 0 bridgehead atoms. The van der Waals surface area contributed by atoms with Crippen LogP contribution in [-0.4, -0.2) is 61.6 Å². The van der Waals surface area contributed by atoms with Crippen molar-refractivity contribution >= 4 is 44.8 Å². The first-order chi connectivity index (χ1) is 10.3. The van der Waals surface area contributed by atoms with E-state index >= 15 is 0 Å². The lowest BCUT2D eigenvalue weighted by atomic mass is 10.3. The number of nitrogens with one attached hydrogen (secondary N) is 1. The largest absolute Gasteiger partial charge is 0.324 e. The maximum atomic E-state index is 12.5. The van der Waals surface area contributed by atoms with Crippen molar-refractivity contribution in [3.63, 3.8) is 0 Å². The minimum absolute atomic E-state index is 0.198. The molecule has 0 spiro atoms. The summed E-state index contributed by atoms with van der Waals surface area (Å²) in [4.78, 5) is 12.5. The van der Waals surface area contributed by atoms with E-state index in [1.165, 1.54) is 28.6 Å². The summed E-state index contributed by atoms with van der Waals surface area (Å²) in [7, 11) is -1.54. The molecule has 0 saturated carbocycles. The summed E-state index contributed by atoms with van der Waals surface area (Å²) in [6.45, 7) is 2.36. The van der Waals surface area contributed by atoms with Crippen molar-refractivity contribution < 1.29 is 13.2 Å². The first kappa shape index (κ1) is 17.5. The van der Waals surface area contributed by atoms with Crippen molar-refractivity contribution in [2.24, 2.45) is 0 Å². The number of carbonyl (C=O) groups is 1. The summed E-state index contributed by atoms with van der Waals surface area (Å²) < 4.78 is 26.5. The van der Waals surface area contributed by atoms with E-state index < -0.39 is 20.8 Å². The summed E-state index contributed by atoms with van der Waals surface area (Å²) in [5, 5.41) is 2.49. The Morgan fingerprint density at radius 2 is 1.68 bits per heavy atom. The van der Waals surface area contributed by atoms with Gasteiger partial charge in [0, 0.05) is 31.9 Å². The van der Waals surface area contributed by atoms with Crippen LogP contribution in [0.15, 0.2) is 29.2 Å². The van der Waals surface area contributed by atoms with Gasteiger partial charge in [-0.3, -0.25) is 4.79 Å². The van der Waals surface area contributed by atoms with Crippen LogP contribution in [0.25, 0.3) is 0 Å². The maximum absolute atomic E-state index is 12.5. The molecule has 0 aromatic heterocycles. The molecule has 6 nitrogen and oxygen atoms in total. The van der Waals surface area contributed by atoms with Crippen molar-refractivity contribution in [1.29, 1.82) is 0 Å². The third-order valence-corrected chi connectivity index (χ3v) is 5.73. The fourth-order valence-electron chi connectivity index (χ4n) is 2.08. The summed E-state index contributed by atoms with van der Waals surface area (Å²) in [5.74, 6) is -0.557. The number of hydrogen-bond donors (Lipinski definition) is 1. The van der Waals surface area contributed by atoms with Gasteiger partial charge in [-0.05, 0) is 31.3 Å². The molecule has 9 heteroatoms. The Kier molecular flexibility index (Phi) is 5.68. The minimum atomic E-state index is -3.51. The molecule has 2 rings (SSSR count). The van der Waals surface area contributed by atoms with Gasteiger partial charge in [0.25, 0.3) is 5.91 Å². The normalized spacial score (nSPS) is 17.6. The second-order valence-corrected chi connectivity index (χ2v) is 8.06.